The lowest BCUT2D eigenvalue weighted by molar-refractivity contribution is 0.323. The third-order valence-corrected chi connectivity index (χ3v) is 4.59. The molecule has 1 aromatic rings. The van der Waals surface area contributed by atoms with Crippen LogP contribution in [0.5, 0.6) is 0 Å². The number of aromatic nitrogens is 2. The molecule has 0 radical (unpaired) electrons. The highest BCUT2D eigenvalue weighted by Gasteiger charge is 2.19. The molecule has 1 N–H and O–H groups in total. The fourth-order valence-electron chi connectivity index (χ4n) is 3.56. The van der Waals surface area contributed by atoms with Crippen molar-refractivity contribution in [3.05, 3.63) is 17.2 Å². The smallest absolute Gasteiger partial charge is 0.109 e. The van der Waals surface area contributed by atoms with Crippen molar-refractivity contribution in [3.8, 4) is 0 Å². The zero-order valence-electron chi connectivity index (χ0n) is 12.8. The average molecular weight is 276 g/mol. The van der Waals surface area contributed by atoms with E-state index < -0.39 is 0 Å². The molecule has 0 unspecified atom stereocenters. The van der Waals surface area contributed by atoms with E-state index in [9.17, 15) is 0 Å². The highest BCUT2D eigenvalue weighted by molar-refractivity contribution is 5.20. The van der Waals surface area contributed by atoms with Gasteiger partial charge in [0, 0.05) is 38.2 Å². The van der Waals surface area contributed by atoms with Gasteiger partial charge in [-0.2, -0.15) is 0 Å². The summed E-state index contributed by atoms with van der Waals surface area (Å²) < 4.78 is 2.54. The molecular formula is C16H28N4. The van der Waals surface area contributed by atoms with Crippen LogP contribution in [-0.2, 0) is 25.9 Å². The van der Waals surface area contributed by atoms with Gasteiger partial charge in [-0.05, 0) is 45.3 Å². The molecule has 3 heterocycles. The van der Waals surface area contributed by atoms with E-state index in [-0.39, 0.29) is 0 Å². The Hall–Kier alpha value is -0.870. The van der Waals surface area contributed by atoms with Crippen LogP contribution in [0.15, 0.2) is 0 Å². The maximum absolute atomic E-state index is 4.88. The van der Waals surface area contributed by atoms with Gasteiger partial charge < -0.3 is 14.8 Å². The van der Waals surface area contributed by atoms with E-state index >= 15 is 0 Å². The molecule has 4 nitrogen and oxygen atoms in total. The Morgan fingerprint density at radius 2 is 2.05 bits per heavy atom. The Kier molecular flexibility index (Phi) is 4.73. The van der Waals surface area contributed by atoms with Crippen LogP contribution in [0.25, 0.3) is 0 Å². The molecule has 2 aliphatic heterocycles. The number of likely N-dealkylation sites (tertiary alicyclic amines) is 1. The maximum Gasteiger partial charge on any atom is 0.109 e. The number of nitrogens with one attached hydrogen (secondary N) is 1. The molecular weight excluding hydrogens is 248 g/mol. The predicted molar refractivity (Wildman–Crippen MR) is 81.9 cm³/mol. The second-order valence-corrected chi connectivity index (χ2v) is 6.15. The molecule has 1 aromatic heterocycles. The minimum atomic E-state index is 0.963. The molecule has 3 rings (SSSR count). The van der Waals surface area contributed by atoms with Crippen LogP contribution < -0.4 is 5.32 Å². The van der Waals surface area contributed by atoms with Crippen LogP contribution in [0.1, 0.15) is 49.8 Å². The maximum atomic E-state index is 4.88. The third-order valence-electron chi connectivity index (χ3n) is 4.59. The van der Waals surface area contributed by atoms with E-state index in [2.05, 4.69) is 21.7 Å². The summed E-state index contributed by atoms with van der Waals surface area (Å²) in [6.45, 7) is 9.37. The van der Waals surface area contributed by atoms with Crippen molar-refractivity contribution in [2.75, 3.05) is 26.2 Å². The molecule has 2 aliphatic rings. The molecule has 4 heteroatoms. The van der Waals surface area contributed by atoms with Gasteiger partial charge in [0.05, 0.1) is 5.69 Å². The monoisotopic (exact) mass is 276 g/mol. The molecule has 20 heavy (non-hydrogen) atoms. The van der Waals surface area contributed by atoms with E-state index in [0.29, 0.717) is 0 Å². The quantitative estimate of drug-likeness (QED) is 0.862. The molecule has 1 fully saturated rings. The Morgan fingerprint density at radius 3 is 2.85 bits per heavy atom. The first-order chi connectivity index (χ1) is 9.88. The first-order valence-electron chi connectivity index (χ1n) is 8.38. The van der Waals surface area contributed by atoms with Gasteiger partial charge in [0.15, 0.2) is 0 Å². The summed E-state index contributed by atoms with van der Waals surface area (Å²) in [7, 11) is 0. The second kappa shape index (κ2) is 6.72. The summed E-state index contributed by atoms with van der Waals surface area (Å²) >= 11 is 0. The fourth-order valence-corrected chi connectivity index (χ4v) is 3.56. The van der Waals surface area contributed by atoms with E-state index in [1.807, 2.05) is 0 Å². The number of hydrogen-bond acceptors (Lipinski definition) is 3. The number of aryl methyl sites for hydroxylation is 1. The second-order valence-electron chi connectivity index (χ2n) is 6.15. The minimum absolute atomic E-state index is 0.963. The normalized spacial score (nSPS) is 19.4. The van der Waals surface area contributed by atoms with E-state index in [1.54, 1.807) is 0 Å². The van der Waals surface area contributed by atoms with Crippen LogP contribution in [0, 0.1) is 0 Å². The zero-order valence-corrected chi connectivity index (χ0v) is 12.8. The predicted octanol–water partition coefficient (Wildman–Crippen LogP) is 1.97. The molecule has 0 spiro atoms. The van der Waals surface area contributed by atoms with Crippen LogP contribution in [0.3, 0.4) is 0 Å². The Balaban J connectivity index is 1.64. The summed E-state index contributed by atoms with van der Waals surface area (Å²) in [4.78, 5) is 7.49. The number of fused-ring (bicyclic) bond motifs is 1. The van der Waals surface area contributed by atoms with Gasteiger partial charge in [-0.1, -0.05) is 6.92 Å². The number of rotatable bonds is 6. The van der Waals surface area contributed by atoms with E-state index in [1.165, 1.54) is 62.5 Å². The molecule has 0 aromatic carbocycles. The lowest BCUT2D eigenvalue weighted by Crippen LogP contribution is -2.26. The van der Waals surface area contributed by atoms with Gasteiger partial charge in [0.25, 0.3) is 0 Å². The first-order valence-corrected chi connectivity index (χ1v) is 8.38. The molecule has 0 aliphatic carbocycles. The summed E-state index contributed by atoms with van der Waals surface area (Å²) in [6.07, 6.45) is 7.52. The van der Waals surface area contributed by atoms with Gasteiger partial charge in [-0.25, -0.2) is 4.98 Å². The lowest BCUT2D eigenvalue weighted by Gasteiger charge is -2.18. The van der Waals surface area contributed by atoms with Crippen molar-refractivity contribution in [1.29, 1.82) is 0 Å². The highest BCUT2D eigenvalue weighted by atomic mass is 15.2. The lowest BCUT2D eigenvalue weighted by atomic mass is 10.2. The third kappa shape index (κ3) is 3.07. The van der Waals surface area contributed by atoms with Crippen LogP contribution in [-0.4, -0.2) is 40.6 Å². The standard InChI is InChI=1S/C16H28N4/c1-2-6-16-18-14-13-17-8-7-15(14)20(16)12-5-11-19-9-3-4-10-19/h17H,2-13H2,1H3. The average Bonchev–Trinajstić information content (AvgIpc) is 3.08. The van der Waals surface area contributed by atoms with E-state index in [4.69, 9.17) is 4.98 Å². The van der Waals surface area contributed by atoms with Crippen molar-refractivity contribution < 1.29 is 0 Å². The minimum Gasteiger partial charge on any atom is -0.332 e. The number of imidazole rings is 1. The van der Waals surface area contributed by atoms with Crippen molar-refractivity contribution in [2.24, 2.45) is 0 Å². The number of nitrogens with zero attached hydrogens (tertiary/aromatic N) is 3. The van der Waals surface area contributed by atoms with Crippen molar-refractivity contribution >= 4 is 0 Å². The van der Waals surface area contributed by atoms with Crippen molar-refractivity contribution in [1.82, 2.24) is 19.8 Å². The van der Waals surface area contributed by atoms with Crippen LogP contribution in [0.2, 0.25) is 0 Å². The summed E-state index contributed by atoms with van der Waals surface area (Å²) in [5.74, 6) is 1.32. The van der Waals surface area contributed by atoms with Gasteiger partial charge in [-0.3, -0.25) is 0 Å². The topological polar surface area (TPSA) is 33.1 Å². The fraction of sp³-hybridized carbons (Fsp3) is 0.812. The van der Waals surface area contributed by atoms with Gasteiger partial charge in [0.2, 0.25) is 0 Å². The van der Waals surface area contributed by atoms with E-state index in [0.717, 1.165) is 32.5 Å². The zero-order chi connectivity index (χ0) is 13.8. The SMILES string of the molecule is CCCc1nc2c(n1CCCN1CCCC1)CCNC2. The van der Waals surface area contributed by atoms with Gasteiger partial charge in [0.1, 0.15) is 5.82 Å². The molecule has 0 amide bonds. The molecule has 1 saturated heterocycles. The van der Waals surface area contributed by atoms with Crippen LogP contribution >= 0.6 is 0 Å². The molecule has 0 atom stereocenters. The summed E-state index contributed by atoms with van der Waals surface area (Å²) in [6, 6.07) is 0. The molecule has 0 bridgehead atoms. The van der Waals surface area contributed by atoms with Crippen LogP contribution in [0.4, 0.5) is 0 Å². The highest BCUT2D eigenvalue weighted by Crippen LogP contribution is 2.18. The largest absolute Gasteiger partial charge is 0.332 e. The summed E-state index contributed by atoms with van der Waals surface area (Å²) in [5, 5.41) is 3.44. The van der Waals surface area contributed by atoms with Crippen molar-refractivity contribution in [3.63, 3.8) is 0 Å². The van der Waals surface area contributed by atoms with Crippen molar-refractivity contribution in [2.45, 2.75) is 58.5 Å². The Bertz CT molecular complexity index is 432. The molecule has 112 valence electrons. The van der Waals surface area contributed by atoms with Gasteiger partial charge in [-0.15, -0.1) is 0 Å². The Labute approximate surface area is 122 Å². The first kappa shape index (κ1) is 14.1. The Morgan fingerprint density at radius 1 is 1.20 bits per heavy atom. The molecule has 0 saturated carbocycles. The van der Waals surface area contributed by atoms with Gasteiger partial charge >= 0.3 is 0 Å². The number of hydrogen-bond donors (Lipinski definition) is 1. The summed E-state index contributed by atoms with van der Waals surface area (Å²) in [5.41, 5.74) is 2.81.